The lowest BCUT2D eigenvalue weighted by atomic mass is 9.92. The van der Waals surface area contributed by atoms with E-state index < -0.39 is 5.97 Å². The van der Waals surface area contributed by atoms with Crippen molar-refractivity contribution < 1.29 is 19.8 Å². The topological polar surface area (TPSA) is 77.8 Å². The maximum Gasteiger partial charge on any atom is 0.303 e. The average Bonchev–Trinajstić information content (AvgIpc) is 2.68. The molecule has 5 heteroatoms. The summed E-state index contributed by atoms with van der Waals surface area (Å²) in [4.78, 5) is 25.5. The fourth-order valence-corrected chi connectivity index (χ4v) is 3.68. The highest BCUT2D eigenvalue weighted by molar-refractivity contribution is 5.97. The molecule has 142 valence electrons. The molecule has 3 rings (SSSR count). The van der Waals surface area contributed by atoms with Crippen LogP contribution in [0.2, 0.25) is 0 Å². The zero-order chi connectivity index (χ0) is 19.2. The molecule has 0 spiro atoms. The molecule has 27 heavy (non-hydrogen) atoms. The molecule has 0 aliphatic carbocycles. The molecule has 2 aromatic rings. The number of carboxylic acid groups (broad SMARTS) is 1. The van der Waals surface area contributed by atoms with Crippen LogP contribution in [-0.4, -0.2) is 40.1 Å². The van der Waals surface area contributed by atoms with Gasteiger partial charge in [0.05, 0.1) is 5.56 Å². The predicted molar refractivity (Wildman–Crippen MR) is 103 cm³/mol. The van der Waals surface area contributed by atoms with E-state index in [1.807, 2.05) is 36.4 Å². The molecule has 1 aliphatic rings. The first kappa shape index (κ1) is 19.0. The Morgan fingerprint density at radius 1 is 1.07 bits per heavy atom. The SMILES string of the molecule is O=C(O)CCC1CCCN(C(=O)c2cc(Cc3ccccc3)ccc2O)C1. The van der Waals surface area contributed by atoms with Gasteiger partial charge in [0.2, 0.25) is 0 Å². The van der Waals surface area contributed by atoms with Gasteiger partial charge in [-0.05, 0) is 54.9 Å². The molecule has 5 nitrogen and oxygen atoms in total. The summed E-state index contributed by atoms with van der Waals surface area (Å²) < 4.78 is 0. The molecule has 1 unspecified atom stereocenters. The van der Waals surface area contributed by atoms with Crippen LogP contribution in [0, 0.1) is 5.92 Å². The first-order valence-corrected chi connectivity index (χ1v) is 9.40. The number of aliphatic carboxylic acids is 1. The number of phenolic OH excluding ortho intramolecular Hbond substituents is 1. The molecule has 0 bridgehead atoms. The number of amides is 1. The van der Waals surface area contributed by atoms with E-state index in [0.717, 1.165) is 24.0 Å². The minimum atomic E-state index is -0.801. The summed E-state index contributed by atoms with van der Waals surface area (Å²) in [6, 6.07) is 15.2. The maximum absolute atomic E-state index is 13.0. The van der Waals surface area contributed by atoms with Crippen LogP contribution in [-0.2, 0) is 11.2 Å². The summed E-state index contributed by atoms with van der Waals surface area (Å²) >= 11 is 0. The van der Waals surface area contributed by atoms with Gasteiger partial charge in [-0.2, -0.15) is 0 Å². The molecule has 1 fully saturated rings. The zero-order valence-corrected chi connectivity index (χ0v) is 15.3. The second-order valence-electron chi connectivity index (χ2n) is 7.21. The fourth-order valence-electron chi connectivity index (χ4n) is 3.68. The van der Waals surface area contributed by atoms with Crippen molar-refractivity contribution in [1.82, 2.24) is 4.90 Å². The van der Waals surface area contributed by atoms with E-state index in [1.54, 1.807) is 17.0 Å². The second-order valence-corrected chi connectivity index (χ2v) is 7.21. The zero-order valence-electron chi connectivity index (χ0n) is 15.3. The fraction of sp³-hybridized carbons (Fsp3) is 0.364. The maximum atomic E-state index is 13.0. The summed E-state index contributed by atoms with van der Waals surface area (Å²) in [6.07, 6.45) is 3.21. The Morgan fingerprint density at radius 2 is 1.85 bits per heavy atom. The summed E-state index contributed by atoms with van der Waals surface area (Å²) in [7, 11) is 0. The number of carboxylic acids is 1. The molecule has 2 N–H and O–H groups in total. The lowest BCUT2D eigenvalue weighted by Gasteiger charge is -2.33. The highest BCUT2D eigenvalue weighted by Gasteiger charge is 2.26. The van der Waals surface area contributed by atoms with Gasteiger partial charge in [0, 0.05) is 19.5 Å². The van der Waals surface area contributed by atoms with Crippen LogP contribution >= 0.6 is 0 Å². The minimum absolute atomic E-state index is 0.00975. The molecule has 0 aromatic heterocycles. The number of aromatic hydroxyl groups is 1. The first-order valence-electron chi connectivity index (χ1n) is 9.40. The lowest BCUT2D eigenvalue weighted by Crippen LogP contribution is -2.40. The van der Waals surface area contributed by atoms with Crippen molar-refractivity contribution in [2.45, 2.75) is 32.1 Å². The van der Waals surface area contributed by atoms with Crippen LogP contribution in [0.4, 0.5) is 0 Å². The van der Waals surface area contributed by atoms with E-state index in [4.69, 9.17) is 5.11 Å². The number of carbonyl (C=O) groups is 2. The van der Waals surface area contributed by atoms with E-state index in [0.29, 0.717) is 31.5 Å². The van der Waals surface area contributed by atoms with E-state index >= 15 is 0 Å². The standard InChI is InChI=1S/C22H25NO4/c24-20-10-8-18(13-16-5-2-1-3-6-16)14-19(20)22(27)23-12-4-7-17(15-23)9-11-21(25)26/h1-3,5-6,8,10,14,17,24H,4,7,9,11-13,15H2,(H,25,26). The molecule has 1 atom stereocenters. The number of phenols is 1. The number of piperidine rings is 1. The van der Waals surface area contributed by atoms with Crippen molar-refractivity contribution >= 4 is 11.9 Å². The molecule has 0 radical (unpaired) electrons. The number of rotatable bonds is 6. The van der Waals surface area contributed by atoms with Crippen LogP contribution in [0.5, 0.6) is 5.75 Å². The molecule has 0 saturated carbocycles. The van der Waals surface area contributed by atoms with Gasteiger partial charge in [-0.25, -0.2) is 0 Å². The lowest BCUT2D eigenvalue weighted by molar-refractivity contribution is -0.137. The smallest absolute Gasteiger partial charge is 0.303 e. The van der Waals surface area contributed by atoms with E-state index in [9.17, 15) is 14.7 Å². The number of benzene rings is 2. The molecule has 1 aliphatic heterocycles. The second kappa shape index (κ2) is 8.71. The van der Waals surface area contributed by atoms with Crippen molar-refractivity contribution in [3.8, 4) is 5.75 Å². The van der Waals surface area contributed by atoms with Crippen LogP contribution < -0.4 is 0 Å². The summed E-state index contributed by atoms with van der Waals surface area (Å²) in [5, 5.41) is 19.1. The number of carbonyl (C=O) groups excluding carboxylic acids is 1. The molecule has 1 amide bonds. The third kappa shape index (κ3) is 5.09. The number of nitrogens with zero attached hydrogens (tertiary/aromatic N) is 1. The largest absolute Gasteiger partial charge is 0.507 e. The van der Waals surface area contributed by atoms with E-state index in [-0.39, 0.29) is 24.0 Å². The number of likely N-dealkylation sites (tertiary alicyclic amines) is 1. The van der Waals surface area contributed by atoms with E-state index in [2.05, 4.69) is 0 Å². The Labute approximate surface area is 159 Å². The average molecular weight is 367 g/mol. The Bertz CT molecular complexity index is 803. The Morgan fingerprint density at radius 3 is 2.59 bits per heavy atom. The van der Waals surface area contributed by atoms with Crippen LogP contribution in [0.3, 0.4) is 0 Å². The van der Waals surface area contributed by atoms with Gasteiger partial charge in [-0.15, -0.1) is 0 Å². The van der Waals surface area contributed by atoms with Crippen LogP contribution in [0.15, 0.2) is 48.5 Å². The van der Waals surface area contributed by atoms with Crippen molar-refractivity contribution in [2.24, 2.45) is 5.92 Å². The Kier molecular flexibility index (Phi) is 6.12. The first-order chi connectivity index (χ1) is 13.0. The van der Waals surface area contributed by atoms with Crippen molar-refractivity contribution in [3.05, 3.63) is 65.2 Å². The number of hydrogen-bond donors (Lipinski definition) is 2. The van der Waals surface area contributed by atoms with Gasteiger partial charge in [0.15, 0.2) is 0 Å². The van der Waals surface area contributed by atoms with Gasteiger partial charge in [-0.1, -0.05) is 36.4 Å². The van der Waals surface area contributed by atoms with Crippen LogP contribution in [0.1, 0.15) is 47.2 Å². The van der Waals surface area contributed by atoms with Gasteiger partial charge in [0.25, 0.3) is 5.91 Å². The van der Waals surface area contributed by atoms with Gasteiger partial charge < -0.3 is 15.1 Å². The van der Waals surface area contributed by atoms with Crippen molar-refractivity contribution in [1.29, 1.82) is 0 Å². The van der Waals surface area contributed by atoms with Gasteiger partial charge in [-0.3, -0.25) is 9.59 Å². The summed E-state index contributed by atoms with van der Waals surface area (Å²) in [5.41, 5.74) is 2.44. The highest BCUT2D eigenvalue weighted by atomic mass is 16.4. The van der Waals surface area contributed by atoms with Gasteiger partial charge in [0.1, 0.15) is 5.75 Å². The normalized spacial score (nSPS) is 16.9. The van der Waals surface area contributed by atoms with Crippen molar-refractivity contribution in [3.63, 3.8) is 0 Å². The predicted octanol–water partition coefficient (Wildman–Crippen LogP) is 3.70. The summed E-state index contributed by atoms with van der Waals surface area (Å²) in [6.45, 7) is 1.19. The molecular weight excluding hydrogens is 342 g/mol. The highest BCUT2D eigenvalue weighted by Crippen LogP contribution is 2.26. The molecular formula is C22H25NO4. The monoisotopic (exact) mass is 367 g/mol. The summed E-state index contributed by atoms with van der Waals surface area (Å²) in [5.74, 6) is -0.787. The Balaban J connectivity index is 1.71. The Hall–Kier alpha value is -2.82. The van der Waals surface area contributed by atoms with Gasteiger partial charge >= 0.3 is 5.97 Å². The van der Waals surface area contributed by atoms with E-state index in [1.165, 1.54) is 0 Å². The quantitative estimate of drug-likeness (QED) is 0.816. The van der Waals surface area contributed by atoms with Crippen LogP contribution in [0.25, 0.3) is 0 Å². The molecule has 2 aromatic carbocycles. The molecule has 1 heterocycles. The number of hydrogen-bond acceptors (Lipinski definition) is 3. The van der Waals surface area contributed by atoms with Crippen molar-refractivity contribution in [2.75, 3.05) is 13.1 Å². The molecule has 1 saturated heterocycles. The minimum Gasteiger partial charge on any atom is -0.507 e. The third-order valence-corrected chi connectivity index (χ3v) is 5.12. The third-order valence-electron chi connectivity index (χ3n) is 5.12.